The van der Waals surface area contributed by atoms with Crippen molar-refractivity contribution < 1.29 is 9.53 Å². The van der Waals surface area contributed by atoms with Gasteiger partial charge in [-0.3, -0.25) is 9.79 Å². The number of nitrogens with zero attached hydrogens (tertiary/aromatic N) is 1. The van der Waals surface area contributed by atoms with Crippen molar-refractivity contribution >= 4 is 24.1 Å². The van der Waals surface area contributed by atoms with Gasteiger partial charge in [0.25, 0.3) is 5.91 Å². The first-order valence-electron chi connectivity index (χ1n) is 6.76. The molecule has 1 aliphatic carbocycles. The molecule has 2 heterocycles. The van der Waals surface area contributed by atoms with E-state index in [1.54, 1.807) is 0 Å². The van der Waals surface area contributed by atoms with Crippen molar-refractivity contribution in [2.24, 2.45) is 10.9 Å². The Morgan fingerprint density at radius 1 is 1.33 bits per heavy atom. The maximum atomic E-state index is 11.9. The van der Waals surface area contributed by atoms with Crippen molar-refractivity contribution in [3.8, 4) is 0 Å². The number of aliphatic imine (C=N–C) groups is 1. The Hall–Kier alpha value is -0.610. The third kappa shape index (κ3) is 2.54. The highest BCUT2D eigenvalue weighted by Gasteiger charge is 2.46. The van der Waals surface area contributed by atoms with Gasteiger partial charge in [-0.1, -0.05) is 32.1 Å². The topological polar surface area (TPSA) is 50.7 Å². The number of amides is 1. The van der Waals surface area contributed by atoms with E-state index in [1.807, 2.05) is 0 Å². The SMILES string of the molecule is Cl.O=C1NC(CC2CCCCC2)=NC12CCOC2. The number of nitrogens with one attached hydrogen (secondary N) is 1. The van der Waals surface area contributed by atoms with Gasteiger partial charge < -0.3 is 10.1 Å². The molecule has 1 unspecified atom stereocenters. The minimum absolute atomic E-state index is 0. The van der Waals surface area contributed by atoms with Gasteiger partial charge in [0.2, 0.25) is 0 Å². The van der Waals surface area contributed by atoms with Crippen LogP contribution < -0.4 is 5.32 Å². The fraction of sp³-hybridized carbons (Fsp3) is 0.846. The monoisotopic (exact) mass is 272 g/mol. The van der Waals surface area contributed by atoms with Crippen LogP contribution in [0.2, 0.25) is 0 Å². The molecule has 1 amide bonds. The molecule has 2 fully saturated rings. The summed E-state index contributed by atoms with van der Waals surface area (Å²) >= 11 is 0. The average Bonchev–Trinajstić information content (AvgIpc) is 2.90. The summed E-state index contributed by atoms with van der Waals surface area (Å²) in [6.07, 6.45) is 8.31. The van der Waals surface area contributed by atoms with E-state index in [2.05, 4.69) is 10.3 Å². The molecule has 5 heteroatoms. The van der Waals surface area contributed by atoms with Crippen LogP contribution in [0.5, 0.6) is 0 Å². The summed E-state index contributed by atoms with van der Waals surface area (Å²) in [6, 6.07) is 0. The minimum Gasteiger partial charge on any atom is -0.378 e. The van der Waals surface area contributed by atoms with Gasteiger partial charge in [-0.25, -0.2) is 0 Å². The van der Waals surface area contributed by atoms with Crippen LogP contribution in [0.4, 0.5) is 0 Å². The molecule has 1 saturated carbocycles. The molecule has 18 heavy (non-hydrogen) atoms. The molecule has 102 valence electrons. The number of hydrogen-bond acceptors (Lipinski definition) is 3. The summed E-state index contributed by atoms with van der Waals surface area (Å²) < 4.78 is 5.32. The molecule has 0 bridgehead atoms. The van der Waals surface area contributed by atoms with Crippen molar-refractivity contribution in [1.82, 2.24) is 5.32 Å². The van der Waals surface area contributed by atoms with Crippen LogP contribution in [0, 0.1) is 5.92 Å². The number of hydrogen-bond donors (Lipinski definition) is 1. The quantitative estimate of drug-likeness (QED) is 0.837. The summed E-state index contributed by atoms with van der Waals surface area (Å²) in [5, 5.41) is 2.96. The Balaban J connectivity index is 0.00000120. The maximum Gasteiger partial charge on any atom is 0.255 e. The van der Waals surface area contributed by atoms with Crippen LogP contribution in [0.25, 0.3) is 0 Å². The second kappa shape index (κ2) is 5.57. The molecule has 0 aromatic heterocycles. The Labute approximate surface area is 114 Å². The van der Waals surface area contributed by atoms with Gasteiger partial charge in [-0.15, -0.1) is 12.4 Å². The van der Waals surface area contributed by atoms with E-state index in [9.17, 15) is 4.79 Å². The molecule has 1 atom stereocenters. The molecule has 0 aromatic rings. The van der Waals surface area contributed by atoms with Crippen LogP contribution in [0.15, 0.2) is 4.99 Å². The van der Waals surface area contributed by atoms with Gasteiger partial charge in [-0.2, -0.15) is 0 Å². The van der Waals surface area contributed by atoms with E-state index in [4.69, 9.17) is 4.74 Å². The zero-order valence-corrected chi connectivity index (χ0v) is 11.4. The molecule has 0 radical (unpaired) electrons. The fourth-order valence-corrected chi connectivity index (χ4v) is 3.17. The highest BCUT2D eigenvalue weighted by molar-refractivity contribution is 6.08. The number of halogens is 1. The first-order chi connectivity index (χ1) is 8.28. The van der Waals surface area contributed by atoms with Crippen molar-refractivity contribution in [2.75, 3.05) is 13.2 Å². The van der Waals surface area contributed by atoms with Crippen molar-refractivity contribution in [2.45, 2.75) is 50.5 Å². The van der Waals surface area contributed by atoms with E-state index < -0.39 is 5.54 Å². The molecule has 4 nitrogen and oxygen atoms in total. The first-order valence-corrected chi connectivity index (χ1v) is 6.76. The van der Waals surface area contributed by atoms with Crippen LogP contribution in [-0.2, 0) is 9.53 Å². The largest absolute Gasteiger partial charge is 0.378 e. The van der Waals surface area contributed by atoms with E-state index in [0.717, 1.165) is 24.6 Å². The number of ether oxygens (including phenoxy) is 1. The highest BCUT2D eigenvalue weighted by Crippen LogP contribution is 2.31. The standard InChI is InChI=1S/C13H20N2O2.ClH/c16-12-13(6-7-17-9-13)15-11(14-12)8-10-4-2-1-3-5-10;/h10H,1-9H2,(H,14,15,16);1H. The molecule has 1 saturated heterocycles. The molecule has 3 rings (SSSR count). The van der Waals surface area contributed by atoms with Gasteiger partial charge in [0, 0.05) is 19.4 Å². The van der Waals surface area contributed by atoms with E-state index in [-0.39, 0.29) is 18.3 Å². The number of amidine groups is 1. The second-order valence-electron chi connectivity index (χ2n) is 5.55. The predicted octanol–water partition coefficient (Wildman–Crippen LogP) is 2.07. The zero-order valence-electron chi connectivity index (χ0n) is 10.6. The second-order valence-corrected chi connectivity index (χ2v) is 5.55. The summed E-state index contributed by atoms with van der Waals surface area (Å²) in [7, 11) is 0. The van der Waals surface area contributed by atoms with E-state index >= 15 is 0 Å². The van der Waals surface area contributed by atoms with Crippen LogP contribution in [0.1, 0.15) is 44.9 Å². The minimum atomic E-state index is -0.565. The lowest BCUT2D eigenvalue weighted by Gasteiger charge is -2.20. The zero-order chi connectivity index (χ0) is 11.7. The van der Waals surface area contributed by atoms with Crippen LogP contribution in [-0.4, -0.2) is 30.5 Å². The highest BCUT2D eigenvalue weighted by atomic mass is 35.5. The van der Waals surface area contributed by atoms with E-state index in [0.29, 0.717) is 13.2 Å². The smallest absolute Gasteiger partial charge is 0.255 e. The molecular weight excluding hydrogens is 252 g/mol. The van der Waals surface area contributed by atoms with E-state index in [1.165, 1.54) is 32.1 Å². The molecule has 1 N–H and O–H groups in total. The van der Waals surface area contributed by atoms with Gasteiger partial charge >= 0.3 is 0 Å². The molecule has 1 spiro atoms. The normalized spacial score (nSPS) is 32.2. The Bertz CT molecular complexity index is 345. The molecule has 0 aromatic carbocycles. The lowest BCUT2D eigenvalue weighted by molar-refractivity contribution is -0.123. The molecular formula is C13H21ClN2O2. The lowest BCUT2D eigenvalue weighted by Crippen LogP contribution is -2.40. The summed E-state index contributed by atoms with van der Waals surface area (Å²) in [5.74, 6) is 1.69. The van der Waals surface area contributed by atoms with Gasteiger partial charge in [0.05, 0.1) is 6.61 Å². The predicted molar refractivity (Wildman–Crippen MR) is 72.2 cm³/mol. The molecule has 2 aliphatic heterocycles. The van der Waals surface area contributed by atoms with Gasteiger partial charge in [-0.05, 0) is 5.92 Å². The first kappa shape index (κ1) is 13.8. The molecule has 3 aliphatic rings. The average molecular weight is 273 g/mol. The van der Waals surface area contributed by atoms with Crippen molar-refractivity contribution in [3.05, 3.63) is 0 Å². The Morgan fingerprint density at radius 3 is 2.78 bits per heavy atom. The van der Waals surface area contributed by atoms with Crippen LogP contribution in [0.3, 0.4) is 0 Å². The fourth-order valence-electron chi connectivity index (χ4n) is 3.17. The van der Waals surface area contributed by atoms with Gasteiger partial charge in [0.15, 0.2) is 5.54 Å². The summed E-state index contributed by atoms with van der Waals surface area (Å²) in [5.41, 5.74) is -0.565. The third-order valence-electron chi connectivity index (χ3n) is 4.24. The lowest BCUT2D eigenvalue weighted by atomic mass is 9.87. The van der Waals surface area contributed by atoms with Crippen molar-refractivity contribution in [1.29, 1.82) is 0 Å². The van der Waals surface area contributed by atoms with Crippen molar-refractivity contribution in [3.63, 3.8) is 0 Å². The summed E-state index contributed by atoms with van der Waals surface area (Å²) in [4.78, 5) is 16.6. The maximum absolute atomic E-state index is 11.9. The van der Waals surface area contributed by atoms with Crippen LogP contribution >= 0.6 is 12.4 Å². The Morgan fingerprint density at radius 2 is 2.11 bits per heavy atom. The third-order valence-corrected chi connectivity index (χ3v) is 4.24. The number of carbonyl (C=O) groups is 1. The van der Waals surface area contributed by atoms with Gasteiger partial charge in [0.1, 0.15) is 5.84 Å². The Kier molecular flexibility index (Phi) is 4.28. The number of rotatable bonds is 2. The number of carbonyl (C=O) groups excluding carboxylic acids is 1. The summed E-state index contributed by atoms with van der Waals surface area (Å²) in [6.45, 7) is 1.13.